The predicted octanol–water partition coefficient (Wildman–Crippen LogP) is -0.0396. The summed E-state index contributed by atoms with van der Waals surface area (Å²) in [7, 11) is 0. The van der Waals surface area contributed by atoms with Crippen molar-refractivity contribution < 1.29 is 14.7 Å². The Bertz CT molecular complexity index is 417. The highest BCUT2D eigenvalue weighted by Crippen LogP contribution is 1.93. The predicted molar refractivity (Wildman–Crippen MR) is 62.8 cm³/mol. The first-order valence-electron chi connectivity index (χ1n) is 5.66. The van der Waals surface area contributed by atoms with E-state index in [4.69, 9.17) is 5.11 Å². The molecule has 0 aliphatic heterocycles. The van der Waals surface area contributed by atoms with E-state index in [1.165, 1.54) is 10.9 Å². The maximum absolute atomic E-state index is 11.4. The third kappa shape index (κ3) is 4.81. The lowest BCUT2D eigenvalue weighted by atomic mass is 10.3. The van der Waals surface area contributed by atoms with Crippen LogP contribution < -0.4 is 10.6 Å². The Morgan fingerprint density at radius 3 is 2.89 bits per heavy atom. The zero-order valence-corrected chi connectivity index (χ0v) is 10.4. The molecule has 1 aromatic rings. The van der Waals surface area contributed by atoms with Gasteiger partial charge >= 0.3 is 12.0 Å². The average molecular weight is 255 g/mol. The highest BCUT2D eigenvalue weighted by molar-refractivity contribution is 5.74. The Hall–Kier alpha value is -2.12. The molecule has 0 saturated carbocycles. The van der Waals surface area contributed by atoms with Gasteiger partial charge in [0.15, 0.2) is 0 Å². The molecule has 0 aliphatic rings. The Kier molecular flexibility index (Phi) is 5.09. The molecule has 2 amide bonds. The van der Waals surface area contributed by atoms with Crippen LogP contribution in [0.2, 0.25) is 0 Å². The van der Waals surface area contributed by atoms with Crippen LogP contribution in [0.25, 0.3) is 0 Å². The first-order chi connectivity index (χ1) is 8.51. The van der Waals surface area contributed by atoms with Crippen molar-refractivity contribution in [2.45, 2.75) is 39.4 Å². The molecule has 8 nitrogen and oxygen atoms in total. The van der Waals surface area contributed by atoms with Gasteiger partial charge in [0.2, 0.25) is 0 Å². The molecule has 0 saturated heterocycles. The van der Waals surface area contributed by atoms with Crippen LogP contribution in [0.5, 0.6) is 0 Å². The second kappa shape index (κ2) is 6.58. The zero-order valence-electron chi connectivity index (χ0n) is 10.4. The monoisotopic (exact) mass is 255 g/mol. The molecule has 1 rings (SSSR count). The first kappa shape index (κ1) is 13.9. The quantitative estimate of drug-likeness (QED) is 0.660. The van der Waals surface area contributed by atoms with Crippen molar-refractivity contribution in [2.75, 3.05) is 0 Å². The SMILES string of the molecule is CCC(C)NC(=O)NCc1cn(CC(=O)O)nn1. The Balaban J connectivity index is 2.37. The number of aromatic nitrogens is 3. The van der Waals surface area contributed by atoms with E-state index in [9.17, 15) is 9.59 Å². The summed E-state index contributed by atoms with van der Waals surface area (Å²) < 4.78 is 1.20. The van der Waals surface area contributed by atoms with Crippen molar-refractivity contribution in [3.8, 4) is 0 Å². The van der Waals surface area contributed by atoms with E-state index in [-0.39, 0.29) is 25.2 Å². The van der Waals surface area contributed by atoms with Gasteiger partial charge in [-0.25, -0.2) is 9.48 Å². The van der Waals surface area contributed by atoms with E-state index in [0.29, 0.717) is 5.69 Å². The van der Waals surface area contributed by atoms with Gasteiger partial charge in [0.05, 0.1) is 12.7 Å². The van der Waals surface area contributed by atoms with E-state index in [2.05, 4.69) is 20.9 Å². The number of nitrogens with one attached hydrogen (secondary N) is 2. The van der Waals surface area contributed by atoms with E-state index in [1.807, 2.05) is 13.8 Å². The average Bonchev–Trinajstić information content (AvgIpc) is 2.73. The molecule has 0 spiro atoms. The maximum atomic E-state index is 11.4. The fourth-order valence-corrected chi connectivity index (χ4v) is 1.18. The van der Waals surface area contributed by atoms with Gasteiger partial charge in [0.1, 0.15) is 12.2 Å². The lowest BCUT2D eigenvalue weighted by molar-refractivity contribution is -0.137. The van der Waals surface area contributed by atoms with Gasteiger partial charge in [-0.15, -0.1) is 5.10 Å². The third-order valence-corrected chi connectivity index (χ3v) is 2.30. The minimum atomic E-state index is -0.992. The lowest BCUT2D eigenvalue weighted by Gasteiger charge is -2.11. The molecule has 0 aliphatic carbocycles. The molecule has 0 radical (unpaired) electrons. The van der Waals surface area contributed by atoms with Crippen LogP contribution in [0.1, 0.15) is 26.0 Å². The van der Waals surface area contributed by atoms with Crippen LogP contribution in [0.4, 0.5) is 4.79 Å². The van der Waals surface area contributed by atoms with Crippen LogP contribution in [0.15, 0.2) is 6.20 Å². The molecule has 0 bridgehead atoms. The number of hydrogen-bond acceptors (Lipinski definition) is 4. The van der Waals surface area contributed by atoms with Crippen molar-refractivity contribution in [3.05, 3.63) is 11.9 Å². The molecule has 8 heteroatoms. The maximum Gasteiger partial charge on any atom is 0.325 e. The molecule has 1 heterocycles. The zero-order chi connectivity index (χ0) is 13.5. The second-order valence-electron chi connectivity index (χ2n) is 3.94. The van der Waals surface area contributed by atoms with Gasteiger partial charge in [-0.3, -0.25) is 4.79 Å². The largest absolute Gasteiger partial charge is 0.480 e. The van der Waals surface area contributed by atoms with Gasteiger partial charge < -0.3 is 15.7 Å². The number of carbonyl (C=O) groups excluding carboxylic acids is 1. The summed E-state index contributed by atoms with van der Waals surface area (Å²) in [6, 6.07) is -0.176. The topological polar surface area (TPSA) is 109 Å². The van der Waals surface area contributed by atoms with Crippen molar-refractivity contribution in [1.29, 1.82) is 0 Å². The van der Waals surface area contributed by atoms with Crippen LogP contribution in [0, 0.1) is 0 Å². The molecule has 1 unspecified atom stereocenters. The normalized spacial score (nSPS) is 11.9. The van der Waals surface area contributed by atoms with Crippen molar-refractivity contribution in [1.82, 2.24) is 25.6 Å². The number of carboxylic acid groups (broad SMARTS) is 1. The molecule has 1 aromatic heterocycles. The summed E-state index contributed by atoms with van der Waals surface area (Å²) in [5.41, 5.74) is 0.510. The number of carboxylic acids is 1. The summed E-state index contributed by atoms with van der Waals surface area (Å²) in [5, 5.41) is 21.3. The Labute approximate surface area is 104 Å². The number of rotatable bonds is 6. The standard InChI is InChI=1S/C10H17N5O3/c1-3-7(2)12-10(18)11-4-8-5-15(14-13-8)6-9(16)17/h5,7H,3-4,6H2,1-2H3,(H,16,17)(H2,11,12,18). The molecule has 18 heavy (non-hydrogen) atoms. The van der Waals surface area contributed by atoms with Gasteiger partial charge in [0.25, 0.3) is 0 Å². The van der Waals surface area contributed by atoms with Gasteiger partial charge in [-0.1, -0.05) is 12.1 Å². The minimum absolute atomic E-state index is 0.104. The van der Waals surface area contributed by atoms with Gasteiger partial charge in [-0.2, -0.15) is 0 Å². The van der Waals surface area contributed by atoms with Crippen molar-refractivity contribution >= 4 is 12.0 Å². The molecule has 0 aromatic carbocycles. The van der Waals surface area contributed by atoms with Crippen molar-refractivity contribution in [2.24, 2.45) is 0 Å². The summed E-state index contributed by atoms with van der Waals surface area (Å²) in [6.45, 7) is 3.85. The summed E-state index contributed by atoms with van der Waals surface area (Å²) in [4.78, 5) is 21.8. The highest BCUT2D eigenvalue weighted by atomic mass is 16.4. The van der Waals surface area contributed by atoms with Crippen molar-refractivity contribution in [3.63, 3.8) is 0 Å². The Morgan fingerprint density at radius 2 is 2.28 bits per heavy atom. The van der Waals surface area contributed by atoms with E-state index >= 15 is 0 Å². The van der Waals surface area contributed by atoms with E-state index in [0.717, 1.165) is 6.42 Å². The molecule has 0 fully saturated rings. The highest BCUT2D eigenvalue weighted by Gasteiger charge is 2.07. The van der Waals surface area contributed by atoms with Crippen LogP contribution in [0.3, 0.4) is 0 Å². The van der Waals surface area contributed by atoms with E-state index < -0.39 is 5.97 Å². The summed E-state index contributed by atoms with van der Waals surface area (Å²) >= 11 is 0. The fraction of sp³-hybridized carbons (Fsp3) is 0.600. The lowest BCUT2D eigenvalue weighted by Crippen LogP contribution is -2.40. The number of urea groups is 1. The minimum Gasteiger partial charge on any atom is -0.480 e. The van der Waals surface area contributed by atoms with E-state index in [1.54, 1.807) is 0 Å². The molecule has 100 valence electrons. The number of nitrogens with zero attached hydrogens (tertiary/aromatic N) is 3. The molecule has 3 N–H and O–H groups in total. The number of aliphatic carboxylic acids is 1. The van der Waals surface area contributed by atoms with Gasteiger partial charge in [0, 0.05) is 6.04 Å². The van der Waals surface area contributed by atoms with Crippen LogP contribution in [-0.2, 0) is 17.9 Å². The molecular formula is C10H17N5O3. The van der Waals surface area contributed by atoms with Gasteiger partial charge in [-0.05, 0) is 13.3 Å². The summed E-state index contributed by atoms with van der Waals surface area (Å²) in [5.74, 6) is -0.992. The number of carbonyl (C=O) groups is 2. The molecule has 1 atom stereocenters. The second-order valence-corrected chi connectivity index (χ2v) is 3.94. The first-order valence-corrected chi connectivity index (χ1v) is 5.66. The smallest absolute Gasteiger partial charge is 0.325 e. The fourth-order valence-electron chi connectivity index (χ4n) is 1.18. The van der Waals surface area contributed by atoms with Crippen LogP contribution >= 0.6 is 0 Å². The third-order valence-electron chi connectivity index (χ3n) is 2.30. The summed E-state index contributed by atoms with van der Waals surface area (Å²) in [6.07, 6.45) is 2.33. The molecular weight excluding hydrogens is 238 g/mol. The Morgan fingerprint density at radius 1 is 1.56 bits per heavy atom. The number of amides is 2. The number of hydrogen-bond donors (Lipinski definition) is 3. The van der Waals surface area contributed by atoms with Crippen LogP contribution in [-0.4, -0.2) is 38.1 Å².